The summed E-state index contributed by atoms with van der Waals surface area (Å²) in [6, 6.07) is 0. The van der Waals surface area contributed by atoms with E-state index in [2.05, 4.69) is 11.9 Å². The van der Waals surface area contributed by atoms with E-state index < -0.39 is 0 Å². The first-order valence-corrected chi connectivity index (χ1v) is 7.33. The van der Waals surface area contributed by atoms with Gasteiger partial charge in [-0.3, -0.25) is 9.78 Å². The van der Waals surface area contributed by atoms with E-state index in [4.69, 9.17) is 0 Å². The maximum absolute atomic E-state index is 12.1. The fourth-order valence-corrected chi connectivity index (χ4v) is 3.03. The fraction of sp³-hybridized carbons (Fsp3) is 0.692. The van der Waals surface area contributed by atoms with Gasteiger partial charge in [0.05, 0.1) is 11.9 Å². The van der Waals surface area contributed by atoms with Gasteiger partial charge in [-0.15, -0.1) is 11.3 Å². The number of rotatable bonds is 4. The second-order valence-corrected chi connectivity index (χ2v) is 6.01. The lowest BCUT2D eigenvalue weighted by molar-refractivity contribution is -0.133. The summed E-state index contributed by atoms with van der Waals surface area (Å²) in [4.78, 5) is 19.0. The predicted octanol–water partition coefficient (Wildman–Crippen LogP) is 1.70. The summed E-state index contributed by atoms with van der Waals surface area (Å²) in [5.41, 5.74) is 1.80. The highest BCUT2D eigenvalue weighted by Gasteiger charge is 2.33. The molecule has 0 aromatic carbocycles. The van der Waals surface area contributed by atoms with Gasteiger partial charge in [-0.1, -0.05) is 6.92 Å². The van der Waals surface area contributed by atoms with Crippen molar-refractivity contribution in [1.29, 1.82) is 0 Å². The molecule has 2 rings (SSSR count). The van der Waals surface area contributed by atoms with E-state index in [1.807, 2.05) is 4.90 Å². The molecule has 1 fully saturated rings. The molecule has 2 heterocycles. The zero-order chi connectivity index (χ0) is 13.0. The number of hydrogen-bond donors (Lipinski definition) is 1. The highest BCUT2D eigenvalue weighted by Crippen LogP contribution is 2.34. The van der Waals surface area contributed by atoms with Crippen LogP contribution in [0.4, 0.5) is 0 Å². The van der Waals surface area contributed by atoms with E-state index in [0.717, 1.165) is 37.2 Å². The number of aliphatic hydroxyl groups is 1. The lowest BCUT2D eigenvalue weighted by atomic mass is 9.77. The molecule has 0 bridgehead atoms. The molecule has 1 N–H and O–H groups in total. The minimum atomic E-state index is 0.0429. The summed E-state index contributed by atoms with van der Waals surface area (Å²) in [7, 11) is 0. The van der Waals surface area contributed by atoms with Crippen LogP contribution in [0.25, 0.3) is 0 Å². The van der Waals surface area contributed by atoms with Crippen molar-refractivity contribution in [3.63, 3.8) is 0 Å². The molecule has 100 valence electrons. The van der Waals surface area contributed by atoms with Crippen LogP contribution in [0.5, 0.6) is 0 Å². The minimum absolute atomic E-state index is 0.0429. The molecule has 0 saturated carbocycles. The van der Waals surface area contributed by atoms with Crippen LogP contribution < -0.4 is 0 Å². The Hall–Kier alpha value is -0.940. The van der Waals surface area contributed by atoms with Crippen molar-refractivity contribution in [2.24, 2.45) is 5.41 Å². The SMILES string of the molecule is CCC1(CO)CCN(C(=O)Cc2cncs2)CC1. The molecule has 0 radical (unpaired) electrons. The Bertz CT molecular complexity index is 378. The lowest BCUT2D eigenvalue weighted by Crippen LogP contribution is -2.44. The molecule has 0 unspecified atom stereocenters. The number of piperidine rings is 1. The highest BCUT2D eigenvalue weighted by molar-refractivity contribution is 7.09. The first-order chi connectivity index (χ1) is 8.69. The summed E-state index contributed by atoms with van der Waals surface area (Å²) in [5, 5.41) is 9.46. The molecule has 5 heteroatoms. The van der Waals surface area contributed by atoms with Gasteiger partial charge in [0.25, 0.3) is 0 Å². The Kier molecular flexibility index (Phi) is 4.35. The molecule has 4 nitrogen and oxygen atoms in total. The summed E-state index contributed by atoms with van der Waals surface area (Å²) in [6.07, 6.45) is 5.03. The van der Waals surface area contributed by atoms with Crippen LogP contribution in [0, 0.1) is 5.41 Å². The van der Waals surface area contributed by atoms with Crippen molar-refractivity contribution in [2.45, 2.75) is 32.6 Å². The Morgan fingerprint density at radius 1 is 1.56 bits per heavy atom. The van der Waals surface area contributed by atoms with Gasteiger partial charge in [-0.2, -0.15) is 0 Å². The second kappa shape index (κ2) is 5.80. The summed E-state index contributed by atoms with van der Waals surface area (Å²) < 4.78 is 0. The average molecular weight is 268 g/mol. The maximum atomic E-state index is 12.1. The van der Waals surface area contributed by atoms with E-state index in [-0.39, 0.29) is 17.9 Å². The molecule has 1 aliphatic rings. The number of hydrogen-bond acceptors (Lipinski definition) is 4. The van der Waals surface area contributed by atoms with Crippen molar-refractivity contribution in [3.05, 3.63) is 16.6 Å². The van der Waals surface area contributed by atoms with Crippen molar-refractivity contribution in [2.75, 3.05) is 19.7 Å². The molecule has 0 atom stereocenters. The number of thiazole rings is 1. The number of likely N-dealkylation sites (tertiary alicyclic amines) is 1. The molecule has 0 spiro atoms. The molecule has 1 aromatic heterocycles. The Morgan fingerprint density at radius 2 is 2.28 bits per heavy atom. The molecule has 1 aliphatic heterocycles. The smallest absolute Gasteiger partial charge is 0.227 e. The molecule has 1 amide bonds. The first kappa shape index (κ1) is 13.5. The number of carbonyl (C=O) groups is 1. The topological polar surface area (TPSA) is 53.4 Å². The van der Waals surface area contributed by atoms with Gasteiger partial charge >= 0.3 is 0 Å². The van der Waals surface area contributed by atoms with Gasteiger partial charge < -0.3 is 10.0 Å². The third kappa shape index (κ3) is 2.90. The van der Waals surface area contributed by atoms with Crippen molar-refractivity contribution >= 4 is 17.2 Å². The van der Waals surface area contributed by atoms with Gasteiger partial charge in [0.2, 0.25) is 5.91 Å². The molecular weight excluding hydrogens is 248 g/mol. The van der Waals surface area contributed by atoms with E-state index >= 15 is 0 Å². The van der Waals surface area contributed by atoms with Crippen molar-refractivity contribution < 1.29 is 9.90 Å². The average Bonchev–Trinajstić information content (AvgIpc) is 2.91. The molecular formula is C13H20N2O2S. The first-order valence-electron chi connectivity index (χ1n) is 6.45. The second-order valence-electron chi connectivity index (χ2n) is 5.04. The third-order valence-electron chi connectivity index (χ3n) is 4.07. The lowest BCUT2D eigenvalue weighted by Gasteiger charge is -2.40. The van der Waals surface area contributed by atoms with Crippen LogP contribution in [0.1, 0.15) is 31.1 Å². The standard InChI is InChI=1S/C13H20N2O2S/c1-2-13(9-16)3-5-15(6-4-13)12(17)7-11-8-14-10-18-11/h8,10,16H,2-7,9H2,1H3. The quantitative estimate of drug-likeness (QED) is 0.904. The van der Waals surface area contributed by atoms with Gasteiger partial charge in [0.1, 0.15) is 0 Å². The molecule has 1 aromatic rings. The predicted molar refractivity (Wildman–Crippen MR) is 71.4 cm³/mol. The van der Waals surface area contributed by atoms with E-state index in [1.54, 1.807) is 11.7 Å². The Balaban J connectivity index is 1.87. The number of carbonyl (C=O) groups excluding carboxylic acids is 1. The Labute approximate surface area is 112 Å². The van der Waals surface area contributed by atoms with Gasteiger partial charge in [0.15, 0.2) is 0 Å². The monoisotopic (exact) mass is 268 g/mol. The normalized spacial score (nSPS) is 18.9. The van der Waals surface area contributed by atoms with E-state index in [0.29, 0.717) is 6.42 Å². The van der Waals surface area contributed by atoms with Gasteiger partial charge in [0, 0.05) is 30.8 Å². The zero-order valence-electron chi connectivity index (χ0n) is 10.8. The van der Waals surface area contributed by atoms with Crippen LogP contribution in [-0.4, -0.2) is 40.6 Å². The molecule has 1 saturated heterocycles. The number of nitrogens with zero attached hydrogens (tertiary/aromatic N) is 2. The van der Waals surface area contributed by atoms with E-state index in [1.165, 1.54) is 11.3 Å². The molecule has 0 aliphatic carbocycles. The number of amides is 1. The zero-order valence-corrected chi connectivity index (χ0v) is 11.6. The minimum Gasteiger partial charge on any atom is -0.396 e. The highest BCUT2D eigenvalue weighted by atomic mass is 32.1. The number of aromatic nitrogens is 1. The number of aliphatic hydroxyl groups excluding tert-OH is 1. The van der Waals surface area contributed by atoms with Crippen molar-refractivity contribution in [3.8, 4) is 0 Å². The van der Waals surface area contributed by atoms with Gasteiger partial charge in [-0.05, 0) is 24.7 Å². The summed E-state index contributed by atoms with van der Waals surface area (Å²) in [5.74, 6) is 0.182. The fourth-order valence-electron chi connectivity index (χ4n) is 2.44. The van der Waals surface area contributed by atoms with Crippen molar-refractivity contribution in [1.82, 2.24) is 9.88 Å². The molecule has 18 heavy (non-hydrogen) atoms. The van der Waals surface area contributed by atoms with Crippen LogP contribution in [0.2, 0.25) is 0 Å². The van der Waals surface area contributed by atoms with Crippen LogP contribution in [0.15, 0.2) is 11.7 Å². The summed E-state index contributed by atoms with van der Waals surface area (Å²) >= 11 is 1.53. The van der Waals surface area contributed by atoms with Crippen LogP contribution in [-0.2, 0) is 11.2 Å². The third-order valence-corrected chi connectivity index (χ3v) is 4.85. The van der Waals surface area contributed by atoms with E-state index in [9.17, 15) is 9.90 Å². The maximum Gasteiger partial charge on any atom is 0.227 e. The van der Waals surface area contributed by atoms with Gasteiger partial charge in [-0.25, -0.2) is 0 Å². The largest absolute Gasteiger partial charge is 0.396 e. The summed E-state index contributed by atoms with van der Waals surface area (Å²) in [6.45, 7) is 3.89. The Morgan fingerprint density at radius 3 is 2.78 bits per heavy atom. The van der Waals surface area contributed by atoms with Crippen LogP contribution in [0.3, 0.4) is 0 Å². The van der Waals surface area contributed by atoms with Crippen LogP contribution >= 0.6 is 11.3 Å².